The number of hydrogen-bond donors (Lipinski definition) is 1. The van der Waals surface area contributed by atoms with Gasteiger partial charge in [-0.25, -0.2) is 9.59 Å². The van der Waals surface area contributed by atoms with Gasteiger partial charge in [0.15, 0.2) is 11.8 Å². The van der Waals surface area contributed by atoms with Crippen molar-refractivity contribution in [2.75, 3.05) is 53.2 Å². The van der Waals surface area contributed by atoms with E-state index in [-0.39, 0.29) is 38.9 Å². The van der Waals surface area contributed by atoms with Crippen molar-refractivity contribution in [2.24, 2.45) is 0 Å². The maximum Gasteiger partial charge on any atom is 0.327 e. The number of urea groups is 2. The van der Waals surface area contributed by atoms with Gasteiger partial charge in [0.05, 0.1) is 6.61 Å². The van der Waals surface area contributed by atoms with Crippen LogP contribution in [-0.2, 0) is 18.9 Å². The van der Waals surface area contributed by atoms with Gasteiger partial charge in [-0.15, -0.1) is 0 Å². The third-order valence-electron chi connectivity index (χ3n) is 4.47. The van der Waals surface area contributed by atoms with Gasteiger partial charge in [-0.1, -0.05) is 0 Å². The fourth-order valence-electron chi connectivity index (χ4n) is 3.19. The Morgan fingerprint density at radius 1 is 0.846 bits per heavy atom. The fraction of sp³-hybridized carbons (Fsp3) is 0.875. The van der Waals surface area contributed by atoms with Gasteiger partial charge in [0.2, 0.25) is 0 Å². The zero-order valence-corrected chi connectivity index (χ0v) is 16.0. The summed E-state index contributed by atoms with van der Waals surface area (Å²) in [6.45, 7) is 9.50. The highest BCUT2D eigenvalue weighted by molar-refractivity contribution is 5.86. The molecule has 2 saturated heterocycles. The summed E-state index contributed by atoms with van der Waals surface area (Å²) in [5, 5.41) is 2.88. The molecule has 2 heterocycles. The van der Waals surface area contributed by atoms with E-state index in [1.807, 2.05) is 27.7 Å². The predicted molar refractivity (Wildman–Crippen MR) is 91.9 cm³/mol. The lowest BCUT2D eigenvalue weighted by molar-refractivity contribution is -0.115. The summed E-state index contributed by atoms with van der Waals surface area (Å²) < 4.78 is 22.1. The molecule has 1 N–H and O–H groups in total. The van der Waals surface area contributed by atoms with Crippen LogP contribution in [0, 0.1) is 0 Å². The van der Waals surface area contributed by atoms with Gasteiger partial charge in [0.25, 0.3) is 0 Å². The van der Waals surface area contributed by atoms with Crippen molar-refractivity contribution in [2.45, 2.75) is 39.5 Å². The second-order valence-electron chi connectivity index (χ2n) is 5.84. The molecule has 0 aromatic heterocycles. The maximum atomic E-state index is 13.0. The lowest BCUT2D eigenvalue weighted by Gasteiger charge is -2.41. The molecule has 10 nitrogen and oxygen atoms in total. The van der Waals surface area contributed by atoms with Crippen LogP contribution in [0.2, 0.25) is 0 Å². The predicted octanol–water partition coefficient (Wildman–Crippen LogP) is 0.790. The highest BCUT2D eigenvalue weighted by Gasteiger charge is 2.67. The summed E-state index contributed by atoms with van der Waals surface area (Å²) in [5.41, 5.74) is -1.06. The molecule has 0 aromatic carbocycles. The average Bonchev–Trinajstić information content (AvgIpc) is 3.02. The average molecular weight is 374 g/mol. The van der Waals surface area contributed by atoms with E-state index in [4.69, 9.17) is 18.9 Å². The lowest BCUT2D eigenvalue weighted by atomic mass is 10.1. The number of nitrogens with zero attached hydrogens (tertiary/aromatic N) is 3. The van der Waals surface area contributed by atoms with Crippen LogP contribution < -0.4 is 5.32 Å². The van der Waals surface area contributed by atoms with Gasteiger partial charge in [-0.3, -0.25) is 14.7 Å². The number of amides is 4. The Labute approximate surface area is 154 Å². The first-order valence-corrected chi connectivity index (χ1v) is 9.05. The summed E-state index contributed by atoms with van der Waals surface area (Å²) in [6, 6.07) is -0.600. The van der Waals surface area contributed by atoms with Crippen LogP contribution in [0.25, 0.3) is 0 Å². The zero-order valence-electron chi connectivity index (χ0n) is 16.0. The van der Waals surface area contributed by atoms with Gasteiger partial charge in [-0.05, 0) is 27.7 Å². The van der Waals surface area contributed by atoms with E-state index in [0.717, 1.165) is 0 Å². The number of ether oxygens (including phenoxy) is 4. The molecular formula is C16H30N4O6. The van der Waals surface area contributed by atoms with Crippen molar-refractivity contribution in [1.29, 1.82) is 0 Å². The van der Waals surface area contributed by atoms with E-state index in [1.54, 1.807) is 0 Å². The Morgan fingerprint density at radius 2 is 1.38 bits per heavy atom. The molecular weight excluding hydrogens is 344 g/mol. The van der Waals surface area contributed by atoms with E-state index in [0.29, 0.717) is 26.4 Å². The molecule has 0 radical (unpaired) electrons. The number of rotatable bonds is 12. The van der Waals surface area contributed by atoms with Crippen molar-refractivity contribution in [3.8, 4) is 0 Å². The first kappa shape index (κ1) is 20.7. The van der Waals surface area contributed by atoms with E-state index < -0.39 is 11.8 Å². The fourth-order valence-corrected chi connectivity index (χ4v) is 3.19. The third-order valence-corrected chi connectivity index (χ3v) is 4.47. The van der Waals surface area contributed by atoms with Crippen molar-refractivity contribution in [3.05, 3.63) is 0 Å². The minimum absolute atomic E-state index is 0.0408. The molecule has 0 spiro atoms. The Bertz CT molecular complexity index is 493. The number of hydrogen-bond acceptors (Lipinski definition) is 6. The normalized spacial score (nSPS) is 25.2. The summed E-state index contributed by atoms with van der Waals surface area (Å²) in [6.07, 6.45) is -0.624. The second kappa shape index (κ2) is 9.36. The van der Waals surface area contributed by atoms with Crippen LogP contribution >= 0.6 is 0 Å². The monoisotopic (exact) mass is 374 g/mol. The second-order valence-corrected chi connectivity index (χ2v) is 5.84. The molecule has 2 fully saturated rings. The minimum Gasteiger partial charge on any atom is -0.377 e. The Kier molecular flexibility index (Phi) is 7.44. The van der Waals surface area contributed by atoms with E-state index in [1.165, 1.54) is 14.7 Å². The smallest absolute Gasteiger partial charge is 0.327 e. The molecule has 0 aliphatic carbocycles. The summed E-state index contributed by atoms with van der Waals surface area (Å²) in [4.78, 5) is 30.2. The first-order chi connectivity index (χ1) is 12.6. The van der Waals surface area contributed by atoms with Crippen LogP contribution in [0.15, 0.2) is 0 Å². The van der Waals surface area contributed by atoms with Gasteiger partial charge in [-0.2, -0.15) is 0 Å². The quantitative estimate of drug-likeness (QED) is 0.543. The lowest BCUT2D eigenvalue weighted by Crippen LogP contribution is -2.63. The Hall–Kier alpha value is -1.62. The molecule has 2 aliphatic heterocycles. The SMILES string of the molecule is CCOCN1C(=O)N(COCC)C2(COCC)C1NC(=O)N2COCC. The molecule has 0 aromatic rings. The molecule has 26 heavy (non-hydrogen) atoms. The van der Waals surface area contributed by atoms with E-state index >= 15 is 0 Å². The number of fused-ring (bicyclic) bond motifs is 1. The number of carbonyl (C=O) groups is 2. The molecule has 2 atom stereocenters. The van der Waals surface area contributed by atoms with Gasteiger partial charge >= 0.3 is 12.1 Å². The van der Waals surface area contributed by atoms with Gasteiger partial charge in [0.1, 0.15) is 20.2 Å². The summed E-state index contributed by atoms with van der Waals surface area (Å²) in [5.74, 6) is 0. The Balaban J connectivity index is 2.41. The van der Waals surface area contributed by atoms with E-state index in [2.05, 4.69) is 5.32 Å². The number of carbonyl (C=O) groups excluding carboxylic acids is 2. The van der Waals surface area contributed by atoms with Crippen molar-refractivity contribution < 1.29 is 28.5 Å². The van der Waals surface area contributed by atoms with Crippen molar-refractivity contribution in [3.63, 3.8) is 0 Å². The van der Waals surface area contributed by atoms with Crippen LogP contribution in [0.3, 0.4) is 0 Å². The molecule has 4 amide bonds. The first-order valence-electron chi connectivity index (χ1n) is 9.05. The molecule has 0 bridgehead atoms. The van der Waals surface area contributed by atoms with Crippen molar-refractivity contribution >= 4 is 12.1 Å². The van der Waals surface area contributed by atoms with Crippen molar-refractivity contribution in [1.82, 2.24) is 20.0 Å². The highest BCUT2D eigenvalue weighted by Crippen LogP contribution is 2.39. The largest absolute Gasteiger partial charge is 0.377 e. The maximum absolute atomic E-state index is 13.0. The standard InChI is InChI=1S/C16H30N4O6/c1-5-23-9-16-13(17-14(21)19(16)11-25-7-3)18(10-24-6-2)15(22)20(16)12-26-8-4/h13H,5-12H2,1-4H3,(H,17,21). The minimum atomic E-state index is -1.06. The van der Waals surface area contributed by atoms with Gasteiger partial charge < -0.3 is 24.3 Å². The highest BCUT2D eigenvalue weighted by atomic mass is 16.5. The molecule has 2 unspecified atom stereocenters. The van der Waals surface area contributed by atoms with Crippen LogP contribution in [0.4, 0.5) is 9.59 Å². The third kappa shape index (κ3) is 3.59. The topological polar surface area (TPSA) is 92.8 Å². The molecule has 10 heteroatoms. The van der Waals surface area contributed by atoms with Crippen LogP contribution in [-0.4, -0.2) is 91.8 Å². The van der Waals surface area contributed by atoms with Crippen LogP contribution in [0.1, 0.15) is 27.7 Å². The van der Waals surface area contributed by atoms with Gasteiger partial charge in [0, 0.05) is 26.4 Å². The zero-order chi connectivity index (χ0) is 19.2. The summed E-state index contributed by atoms with van der Waals surface area (Å²) in [7, 11) is 0. The number of nitrogens with one attached hydrogen (secondary N) is 1. The van der Waals surface area contributed by atoms with E-state index in [9.17, 15) is 9.59 Å². The molecule has 2 rings (SSSR count). The summed E-state index contributed by atoms with van der Waals surface area (Å²) >= 11 is 0. The van der Waals surface area contributed by atoms with Crippen LogP contribution in [0.5, 0.6) is 0 Å². The molecule has 150 valence electrons. The molecule has 0 saturated carbocycles. The molecule has 2 aliphatic rings. The Morgan fingerprint density at radius 3 is 1.96 bits per heavy atom.